The van der Waals surface area contributed by atoms with Crippen molar-refractivity contribution in [1.82, 2.24) is 19.5 Å². The summed E-state index contributed by atoms with van der Waals surface area (Å²) in [6, 6.07) is 12.7. The van der Waals surface area contributed by atoms with Gasteiger partial charge in [-0.05, 0) is 35.9 Å². The largest absolute Gasteiger partial charge is 0.486 e. The van der Waals surface area contributed by atoms with Crippen LogP contribution in [-0.4, -0.2) is 32.7 Å². The molecule has 144 valence electrons. The minimum atomic E-state index is -0.525. The van der Waals surface area contributed by atoms with Crippen LogP contribution in [0.3, 0.4) is 0 Å². The summed E-state index contributed by atoms with van der Waals surface area (Å²) < 4.78 is 12.6. The molecule has 0 aliphatic carbocycles. The highest BCUT2D eigenvalue weighted by Crippen LogP contribution is 2.31. The average Bonchev–Trinajstić information content (AvgIpc) is 2.76. The molecule has 29 heavy (non-hydrogen) atoms. The number of aromatic amines is 1. The van der Waals surface area contributed by atoms with Crippen LogP contribution in [0.25, 0.3) is 22.3 Å². The van der Waals surface area contributed by atoms with Gasteiger partial charge in [0.2, 0.25) is 0 Å². The maximum absolute atomic E-state index is 12.6. The second-order valence-electron chi connectivity index (χ2n) is 6.60. The van der Waals surface area contributed by atoms with Crippen LogP contribution in [0, 0.1) is 0 Å². The molecule has 0 radical (unpaired) electrons. The maximum Gasteiger partial charge on any atom is 0.330 e. The first-order chi connectivity index (χ1) is 14.2. The summed E-state index contributed by atoms with van der Waals surface area (Å²) in [7, 11) is 0. The standard InChI is InChI=1S/C21H16N4O4/c26-20-18-14(15-3-1-2-7-22-15)6-8-23-19(18)25(21(27)24-20)12-13-4-5-16-17(11-13)29-10-9-28-16/h1-8,11H,9-10,12H2,(H,24,26,27). The van der Waals surface area contributed by atoms with Gasteiger partial charge >= 0.3 is 5.69 Å². The second kappa shape index (κ2) is 6.90. The minimum absolute atomic E-state index is 0.224. The third-order valence-corrected chi connectivity index (χ3v) is 4.77. The summed E-state index contributed by atoms with van der Waals surface area (Å²) in [5.74, 6) is 1.31. The number of ether oxygens (including phenoxy) is 2. The Bertz CT molecular complexity index is 1330. The first-order valence-electron chi connectivity index (χ1n) is 9.12. The van der Waals surface area contributed by atoms with Crippen LogP contribution >= 0.6 is 0 Å². The fraction of sp³-hybridized carbons (Fsp3) is 0.143. The zero-order valence-corrected chi connectivity index (χ0v) is 15.3. The van der Waals surface area contributed by atoms with E-state index in [1.165, 1.54) is 4.57 Å². The smallest absolute Gasteiger partial charge is 0.330 e. The van der Waals surface area contributed by atoms with Crippen molar-refractivity contribution in [3.05, 3.63) is 81.3 Å². The molecule has 8 nitrogen and oxygen atoms in total. The first kappa shape index (κ1) is 17.2. The molecule has 0 atom stereocenters. The Morgan fingerprint density at radius 2 is 1.83 bits per heavy atom. The predicted octanol–water partition coefficient (Wildman–Crippen LogP) is 1.97. The van der Waals surface area contributed by atoms with Crippen molar-refractivity contribution in [3.8, 4) is 22.8 Å². The molecule has 1 N–H and O–H groups in total. The fourth-order valence-electron chi connectivity index (χ4n) is 3.45. The van der Waals surface area contributed by atoms with Gasteiger partial charge in [-0.1, -0.05) is 12.1 Å². The van der Waals surface area contributed by atoms with Gasteiger partial charge in [0.25, 0.3) is 5.56 Å². The molecular weight excluding hydrogens is 372 g/mol. The number of hydrogen-bond acceptors (Lipinski definition) is 6. The number of aromatic nitrogens is 4. The van der Waals surface area contributed by atoms with Gasteiger partial charge in [0.05, 0.1) is 17.6 Å². The Morgan fingerprint density at radius 3 is 2.66 bits per heavy atom. The van der Waals surface area contributed by atoms with Crippen molar-refractivity contribution < 1.29 is 9.47 Å². The first-order valence-corrected chi connectivity index (χ1v) is 9.12. The summed E-state index contributed by atoms with van der Waals surface area (Å²) in [4.78, 5) is 36.3. The molecular formula is C21H16N4O4. The molecule has 0 spiro atoms. The van der Waals surface area contributed by atoms with E-state index in [0.29, 0.717) is 47.0 Å². The van der Waals surface area contributed by atoms with Gasteiger partial charge in [-0.15, -0.1) is 0 Å². The van der Waals surface area contributed by atoms with Gasteiger partial charge in [-0.25, -0.2) is 9.78 Å². The highest BCUT2D eigenvalue weighted by molar-refractivity contribution is 5.90. The fourth-order valence-corrected chi connectivity index (χ4v) is 3.45. The Balaban J connectivity index is 1.67. The monoisotopic (exact) mass is 388 g/mol. The van der Waals surface area contributed by atoms with E-state index in [9.17, 15) is 9.59 Å². The van der Waals surface area contributed by atoms with Crippen molar-refractivity contribution in [2.24, 2.45) is 0 Å². The Morgan fingerprint density at radius 1 is 0.966 bits per heavy atom. The summed E-state index contributed by atoms with van der Waals surface area (Å²) in [6.07, 6.45) is 3.23. The van der Waals surface area contributed by atoms with Gasteiger partial charge in [0.15, 0.2) is 11.5 Å². The minimum Gasteiger partial charge on any atom is -0.486 e. The zero-order valence-electron chi connectivity index (χ0n) is 15.3. The number of nitrogens with one attached hydrogen (secondary N) is 1. The van der Waals surface area contributed by atoms with Crippen LogP contribution in [-0.2, 0) is 6.54 Å². The van der Waals surface area contributed by atoms with Crippen molar-refractivity contribution >= 4 is 11.0 Å². The van der Waals surface area contributed by atoms with Gasteiger partial charge < -0.3 is 9.47 Å². The highest BCUT2D eigenvalue weighted by Gasteiger charge is 2.16. The van der Waals surface area contributed by atoms with Crippen LogP contribution in [0.15, 0.2) is 64.4 Å². The number of hydrogen-bond donors (Lipinski definition) is 1. The van der Waals surface area contributed by atoms with Gasteiger partial charge in [0, 0.05) is 18.0 Å². The second-order valence-corrected chi connectivity index (χ2v) is 6.60. The van der Waals surface area contributed by atoms with Crippen molar-refractivity contribution in [1.29, 1.82) is 0 Å². The predicted molar refractivity (Wildman–Crippen MR) is 106 cm³/mol. The zero-order chi connectivity index (χ0) is 19.8. The van der Waals surface area contributed by atoms with Crippen molar-refractivity contribution in [3.63, 3.8) is 0 Å². The summed E-state index contributed by atoms with van der Waals surface area (Å²) in [5.41, 5.74) is 1.37. The average molecular weight is 388 g/mol. The topological polar surface area (TPSA) is 99.1 Å². The van der Waals surface area contributed by atoms with E-state index in [1.807, 2.05) is 30.3 Å². The Hall–Kier alpha value is -3.94. The lowest BCUT2D eigenvalue weighted by molar-refractivity contribution is 0.171. The summed E-state index contributed by atoms with van der Waals surface area (Å²) in [6.45, 7) is 1.21. The molecule has 4 aromatic rings. The van der Waals surface area contributed by atoms with E-state index in [4.69, 9.17) is 9.47 Å². The molecule has 1 aliphatic heterocycles. The molecule has 0 fully saturated rings. The van der Waals surface area contributed by atoms with Gasteiger partial charge in [-0.2, -0.15) is 0 Å². The molecule has 0 saturated heterocycles. The molecule has 1 aliphatic rings. The summed E-state index contributed by atoms with van der Waals surface area (Å²) >= 11 is 0. The maximum atomic E-state index is 12.6. The Kier molecular flexibility index (Phi) is 4.09. The third-order valence-electron chi connectivity index (χ3n) is 4.77. The van der Waals surface area contributed by atoms with E-state index < -0.39 is 11.2 Å². The number of fused-ring (bicyclic) bond motifs is 2. The molecule has 0 bridgehead atoms. The lowest BCUT2D eigenvalue weighted by Gasteiger charge is -2.19. The van der Waals surface area contributed by atoms with Crippen molar-refractivity contribution in [2.75, 3.05) is 13.2 Å². The van der Waals surface area contributed by atoms with Gasteiger partial charge in [-0.3, -0.25) is 19.3 Å². The van der Waals surface area contributed by atoms with Crippen LogP contribution in [0.2, 0.25) is 0 Å². The quantitative estimate of drug-likeness (QED) is 0.576. The number of pyridine rings is 2. The number of H-pyrrole nitrogens is 1. The highest BCUT2D eigenvalue weighted by atomic mass is 16.6. The number of rotatable bonds is 3. The molecule has 5 rings (SSSR count). The molecule has 0 amide bonds. The summed E-state index contributed by atoms with van der Waals surface area (Å²) in [5, 5.41) is 0.323. The van der Waals surface area contributed by atoms with Crippen LogP contribution in [0.1, 0.15) is 5.56 Å². The molecule has 1 aromatic carbocycles. The van der Waals surface area contributed by atoms with Crippen LogP contribution < -0.4 is 20.7 Å². The lowest BCUT2D eigenvalue weighted by Crippen LogP contribution is -2.31. The van der Waals surface area contributed by atoms with Gasteiger partial charge in [0.1, 0.15) is 18.9 Å². The van der Waals surface area contributed by atoms with E-state index in [-0.39, 0.29) is 6.54 Å². The molecule has 4 heterocycles. The lowest BCUT2D eigenvalue weighted by atomic mass is 10.1. The van der Waals surface area contributed by atoms with E-state index in [2.05, 4.69) is 15.0 Å². The van der Waals surface area contributed by atoms with E-state index in [0.717, 1.165) is 5.56 Å². The molecule has 0 unspecified atom stereocenters. The number of benzene rings is 1. The van der Waals surface area contributed by atoms with Crippen LogP contribution in [0.4, 0.5) is 0 Å². The SMILES string of the molecule is O=c1[nH]c(=O)n(Cc2ccc3c(c2)OCCO3)c2nccc(-c3ccccn3)c12. The molecule has 8 heteroatoms. The van der Waals surface area contributed by atoms with E-state index >= 15 is 0 Å². The third kappa shape index (κ3) is 3.04. The van der Waals surface area contributed by atoms with Crippen LogP contribution in [0.5, 0.6) is 11.5 Å². The van der Waals surface area contributed by atoms with Crippen molar-refractivity contribution in [2.45, 2.75) is 6.54 Å². The number of nitrogens with zero attached hydrogens (tertiary/aromatic N) is 3. The molecule has 3 aromatic heterocycles. The molecule has 0 saturated carbocycles. The Labute approximate surface area is 164 Å². The van der Waals surface area contributed by atoms with E-state index in [1.54, 1.807) is 24.5 Å². The normalized spacial score (nSPS) is 12.8.